The minimum Gasteiger partial charge on any atom is -0.457 e. The standard InChI is InChI=1S/C49H84O12S/c1-3-5-7-9-11-13-15-16-17-18-19-20-21-22-23-24-25-26-27-28-29-30-32-34-36-38-45(51)59-43(41-57-39-37-35-33-31-14-12-10-8-6-4-2)42-58-49-47(53)48(61-62(54,55)56)46(52)44(40-50)60-49/h5,7,11,13,16-17,19-20,22-23,25-26,43-44,46-50,52-53H,3-4,6,8-10,12,14-15,18,21,24,27-42H2,1-2H3,(H,54,55,56)/b7-5-,13-11-,17-16-,20-19-,23-22-,26-25-. The van der Waals surface area contributed by atoms with Gasteiger partial charge in [-0.2, -0.15) is 8.42 Å². The maximum Gasteiger partial charge on any atom is 0.397 e. The highest BCUT2D eigenvalue weighted by Crippen LogP contribution is 2.26. The second-order valence-corrected chi connectivity index (χ2v) is 17.0. The van der Waals surface area contributed by atoms with E-state index in [2.05, 4.69) is 90.9 Å². The third kappa shape index (κ3) is 33.1. The monoisotopic (exact) mass is 897 g/mol. The second-order valence-electron chi connectivity index (χ2n) is 16.0. The number of hydrogen-bond acceptors (Lipinski definition) is 11. The summed E-state index contributed by atoms with van der Waals surface area (Å²) in [6.07, 6.45) is 42.2. The highest BCUT2D eigenvalue weighted by atomic mass is 32.3. The Labute approximate surface area is 375 Å². The number of unbranched alkanes of at least 4 members (excludes halogenated alkanes) is 15. The van der Waals surface area contributed by atoms with E-state index in [-0.39, 0.29) is 19.6 Å². The van der Waals surface area contributed by atoms with Crippen LogP contribution in [0.15, 0.2) is 72.9 Å². The first kappa shape index (κ1) is 57.6. The molecule has 12 nitrogen and oxygen atoms in total. The van der Waals surface area contributed by atoms with Crippen LogP contribution in [0, 0.1) is 0 Å². The van der Waals surface area contributed by atoms with Gasteiger partial charge in [0.25, 0.3) is 0 Å². The SMILES string of the molecule is CC/C=C\C/C=C\C/C=C\C/C=C\C/C=C\C/C=C\CCCCCCCCC(=O)OC(COCCCCCCCCCCCC)COC1OC(CO)C(O)C(OS(=O)(=O)O)C1O. The van der Waals surface area contributed by atoms with Gasteiger partial charge in [-0.1, -0.05) is 170 Å². The smallest absolute Gasteiger partial charge is 0.397 e. The van der Waals surface area contributed by atoms with E-state index in [1.54, 1.807) is 0 Å². The van der Waals surface area contributed by atoms with E-state index >= 15 is 0 Å². The quantitative estimate of drug-likeness (QED) is 0.0198. The zero-order valence-corrected chi connectivity index (χ0v) is 39.0. The first-order chi connectivity index (χ1) is 30.1. The number of carbonyl (C=O) groups is 1. The summed E-state index contributed by atoms with van der Waals surface area (Å²) in [5.41, 5.74) is 0. The van der Waals surface area contributed by atoms with E-state index in [1.165, 1.54) is 44.9 Å². The molecule has 62 heavy (non-hydrogen) atoms. The lowest BCUT2D eigenvalue weighted by molar-refractivity contribution is -0.301. The van der Waals surface area contributed by atoms with Crippen LogP contribution in [0.3, 0.4) is 0 Å². The zero-order valence-electron chi connectivity index (χ0n) is 38.2. The number of hydrogen-bond donors (Lipinski definition) is 4. The highest BCUT2D eigenvalue weighted by molar-refractivity contribution is 7.80. The molecule has 1 rings (SSSR count). The lowest BCUT2D eigenvalue weighted by Gasteiger charge is -2.41. The molecule has 6 unspecified atom stereocenters. The molecule has 1 heterocycles. The minimum absolute atomic E-state index is 0.0275. The van der Waals surface area contributed by atoms with Crippen LogP contribution in [-0.2, 0) is 38.3 Å². The maximum absolute atomic E-state index is 12.9. The van der Waals surface area contributed by atoms with Crippen molar-refractivity contribution >= 4 is 16.4 Å². The molecule has 0 amide bonds. The Balaban J connectivity index is 2.36. The molecule has 358 valence electrons. The van der Waals surface area contributed by atoms with Crippen LogP contribution in [0.25, 0.3) is 0 Å². The van der Waals surface area contributed by atoms with Crippen LogP contribution in [0.2, 0.25) is 0 Å². The van der Waals surface area contributed by atoms with E-state index in [1.807, 2.05) is 0 Å². The minimum atomic E-state index is -5.06. The average Bonchev–Trinajstić information content (AvgIpc) is 3.24. The van der Waals surface area contributed by atoms with Crippen molar-refractivity contribution in [2.75, 3.05) is 26.4 Å². The van der Waals surface area contributed by atoms with Gasteiger partial charge in [0.15, 0.2) is 6.29 Å². The van der Waals surface area contributed by atoms with Crippen molar-refractivity contribution in [3.8, 4) is 0 Å². The fourth-order valence-corrected chi connectivity index (χ4v) is 7.30. The Hall–Kier alpha value is -2.46. The fourth-order valence-electron chi connectivity index (χ4n) is 6.79. The Kier molecular flexibility index (Phi) is 37.2. The first-order valence-corrected chi connectivity index (χ1v) is 25.1. The van der Waals surface area contributed by atoms with Crippen molar-refractivity contribution in [2.45, 2.75) is 205 Å². The molecular weight excluding hydrogens is 813 g/mol. The van der Waals surface area contributed by atoms with Gasteiger partial charge in [0, 0.05) is 13.0 Å². The van der Waals surface area contributed by atoms with Crippen LogP contribution >= 0.6 is 0 Å². The Morgan fingerprint density at radius 1 is 0.629 bits per heavy atom. The summed E-state index contributed by atoms with van der Waals surface area (Å²) in [5.74, 6) is -0.417. The molecule has 1 fully saturated rings. The van der Waals surface area contributed by atoms with Gasteiger partial charge in [-0.15, -0.1) is 0 Å². The van der Waals surface area contributed by atoms with Crippen molar-refractivity contribution in [3.05, 3.63) is 72.9 Å². The Bertz CT molecular complexity index is 1360. The lowest BCUT2D eigenvalue weighted by Crippen LogP contribution is -2.60. The molecule has 0 aliphatic carbocycles. The predicted molar refractivity (Wildman–Crippen MR) is 248 cm³/mol. The molecule has 0 aromatic heterocycles. The van der Waals surface area contributed by atoms with Crippen molar-refractivity contribution in [1.82, 2.24) is 0 Å². The zero-order chi connectivity index (χ0) is 45.4. The number of esters is 1. The molecule has 0 aromatic rings. The average molecular weight is 897 g/mol. The first-order valence-electron chi connectivity index (χ1n) is 23.7. The van der Waals surface area contributed by atoms with Gasteiger partial charge in [0.05, 0.1) is 19.8 Å². The van der Waals surface area contributed by atoms with Crippen LogP contribution in [0.4, 0.5) is 0 Å². The molecule has 13 heteroatoms. The van der Waals surface area contributed by atoms with Crippen molar-refractivity contribution in [3.63, 3.8) is 0 Å². The van der Waals surface area contributed by atoms with Crippen LogP contribution < -0.4 is 0 Å². The van der Waals surface area contributed by atoms with Crippen molar-refractivity contribution in [2.24, 2.45) is 0 Å². The summed E-state index contributed by atoms with van der Waals surface area (Å²) in [7, 11) is -5.06. The molecule has 1 aliphatic heterocycles. The molecule has 0 radical (unpaired) electrons. The van der Waals surface area contributed by atoms with Gasteiger partial charge in [-0.05, 0) is 64.2 Å². The van der Waals surface area contributed by atoms with E-state index in [9.17, 15) is 28.5 Å². The Morgan fingerprint density at radius 3 is 1.63 bits per heavy atom. The van der Waals surface area contributed by atoms with E-state index in [0.717, 1.165) is 96.3 Å². The summed E-state index contributed by atoms with van der Waals surface area (Å²) >= 11 is 0. The molecule has 4 N–H and O–H groups in total. The highest BCUT2D eigenvalue weighted by Gasteiger charge is 2.48. The van der Waals surface area contributed by atoms with Gasteiger partial charge >= 0.3 is 16.4 Å². The number of aliphatic hydroxyl groups excluding tert-OH is 3. The molecular formula is C49H84O12S. The third-order valence-corrected chi connectivity index (χ3v) is 10.8. The van der Waals surface area contributed by atoms with Gasteiger partial charge in [0.2, 0.25) is 0 Å². The van der Waals surface area contributed by atoms with Gasteiger partial charge in [-0.25, -0.2) is 4.18 Å². The van der Waals surface area contributed by atoms with E-state index in [0.29, 0.717) is 13.0 Å². The van der Waals surface area contributed by atoms with E-state index < -0.39 is 59.8 Å². The number of carbonyl (C=O) groups excluding carboxylic acids is 1. The van der Waals surface area contributed by atoms with Crippen molar-refractivity contribution < 1.29 is 56.2 Å². The van der Waals surface area contributed by atoms with Crippen LogP contribution in [-0.4, -0.2) is 97.5 Å². The largest absolute Gasteiger partial charge is 0.457 e. The molecule has 1 aliphatic rings. The third-order valence-electron chi connectivity index (χ3n) is 10.3. The number of aliphatic hydroxyl groups is 3. The summed E-state index contributed by atoms with van der Waals surface area (Å²) in [6.45, 7) is 3.83. The molecule has 0 saturated carbocycles. The summed E-state index contributed by atoms with van der Waals surface area (Å²) in [6, 6.07) is 0. The molecule has 0 bridgehead atoms. The van der Waals surface area contributed by atoms with Gasteiger partial charge < -0.3 is 34.3 Å². The predicted octanol–water partition coefficient (Wildman–Crippen LogP) is 10.3. The normalized spacial score (nSPS) is 20.6. The number of ether oxygens (including phenoxy) is 4. The molecule has 0 spiro atoms. The topological polar surface area (TPSA) is 178 Å². The second kappa shape index (κ2) is 40.1. The lowest BCUT2D eigenvalue weighted by atomic mass is 9.99. The number of rotatable bonds is 40. The summed E-state index contributed by atoms with van der Waals surface area (Å²) in [5, 5.41) is 30.6. The molecule has 1 saturated heterocycles. The maximum atomic E-state index is 12.9. The van der Waals surface area contributed by atoms with Crippen molar-refractivity contribution in [1.29, 1.82) is 0 Å². The molecule has 0 aromatic carbocycles. The van der Waals surface area contributed by atoms with Crippen LogP contribution in [0.1, 0.15) is 168 Å². The fraction of sp³-hybridized carbons (Fsp3) is 0.735. The van der Waals surface area contributed by atoms with Gasteiger partial charge in [0.1, 0.15) is 30.5 Å². The van der Waals surface area contributed by atoms with Gasteiger partial charge in [-0.3, -0.25) is 9.35 Å². The number of allylic oxidation sites excluding steroid dienone is 12. The van der Waals surface area contributed by atoms with Crippen LogP contribution in [0.5, 0.6) is 0 Å². The Morgan fingerprint density at radius 2 is 1.11 bits per heavy atom. The summed E-state index contributed by atoms with van der Waals surface area (Å²) in [4.78, 5) is 12.9. The van der Waals surface area contributed by atoms with E-state index in [4.69, 9.17) is 23.5 Å². The summed E-state index contributed by atoms with van der Waals surface area (Å²) < 4.78 is 59.0. The molecule has 6 atom stereocenters.